The van der Waals surface area contributed by atoms with Gasteiger partial charge >= 0.3 is 5.97 Å². The zero-order valence-electron chi connectivity index (χ0n) is 34.0. The third kappa shape index (κ3) is 8.41. The van der Waals surface area contributed by atoms with Crippen LogP contribution < -0.4 is 19.5 Å². The molecule has 6 aliphatic rings. The normalized spacial score (nSPS) is 31.0. The first kappa shape index (κ1) is 40.8. The van der Waals surface area contributed by atoms with Crippen molar-refractivity contribution >= 4 is 44.6 Å². The van der Waals surface area contributed by atoms with E-state index >= 15 is 4.79 Å². The lowest BCUT2D eigenvalue weighted by molar-refractivity contribution is -0.156. The molecule has 1 saturated heterocycles. The number of carbonyl (C=O) groups is 4. The minimum absolute atomic E-state index is 0.0335. The molecule has 2 bridgehead atoms. The molecular formula is C44H60N4O9S. The molecule has 0 spiro atoms. The van der Waals surface area contributed by atoms with E-state index in [2.05, 4.69) is 10.0 Å². The number of carbonyl (C=O) groups excluding carboxylic acids is 4. The number of amides is 3. The molecule has 8 rings (SSSR count). The van der Waals surface area contributed by atoms with Crippen LogP contribution in [0.2, 0.25) is 0 Å². The van der Waals surface area contributed by atoms with Crippen LogP contribution in [0.25, 0.3) is 10.9 Å². The van der Waals surface area contributed by atoms with E-state index in [0.29, 0.717) is 50.1 Å². The van der Waals surface area contributed by atoms with E-state index in [1.165, 1.54) is 0 Å². The van der Waals surface area contributed by atoms with Gasteiger partial charge in [0.2, 0.25) is 27.7 Å². The first-order valence-corrected chi connectivity index (χ1v) is 23.6. The van der Waals surface area contributed by atoms with Crippen molar-refractivity contribution in [3.05, 3.63) is 29.8 Å². The van der Waals surface area contributed by atoms with Crippen molar-refractivity contribution in [3.8, 4) is 11.6 Å². The fraction of sp³-hybridized carbons (Fsp3) is 0.705. The number of hydrogen-bond acceptors (Lipinski definition) is 10. The molecular weight excluding hydrogens is 761 g/mol. The van der Waals surface area contributed by atoms with Gasteiger partial charge in [0.1, 0.15) is 29.5 Å². The van der Waals surface area contributed by atoms with Crippen LogP contribution >= 0.6 is 0 Å². The molecule has 5 fully saturated rings. The van der Waals surface area contributed by atoms with E-state index in [-0.39, 0.29) is 55.1 Å². The average Bonchev–Trinajstić information content (AvgIpc) is 3.99. The molecule has 3 heterocycles. The molecule has 0 radical (unpaired) electrons. The van der Waals surface area contributed by atoms with Gasteiger partial charge < -0.3 is 24.4 Å². The van der Waals surface area contributed by atoms with E-state index in [9.17, 15) is 22.8 Å². The van der Waals surface area contributed by atoms with Crippen LogP contribution in [0.5, 0.6) is 11.6 Å². The molecule has 3 amide bonds. The first-order chi connectivity index (χ1) is 28.0. The Bertz CT molecular complexity index is 2000. The molecule has 1 aromatic heterocycles. The predicted octanol–water partition coefficient (Wildman–Crippen LogP) is 5.90. The molecule has 0 unspecified atom stereocenters. The Kier molecular flexibility index (Phi) is 11.9. The number of para-hydroxylation sites is 1. The maximum atomic E-state index is 15.0. The second-order valence-corrected chi connectivity index (χ2v) is 19.7. The number of esters is 1. The lowest BCUT2D eigenvalue weighted by atomic mass is 9.86. The summed E-state index contributed by atoms with van der Waals surface area (Å²) in [6.45, 7) is 4.39. The van der Waals surface area contributed by atoms with E-state index in [1.807, 2.05) is 38.1 Å². The van der Waals surface area contributed by atoms with Gasteiger partial charge in [-0.15, -0.1) is 0 Å². The van der Waals surface area contributed by atoms with Gasteiger partial charge in [-0.1, -0.05) is 51.2 Å². The van der Waals surface area contributed by atoms with Crippen molar-refractivity contribution in [2.24, 2.45) is 23.7 Å². The highest BCUT2D eigenvalue weighted by Gasteiger charge is 2.62. The minimum Gasteiger partial charge on any atom is -0.493 e. The maximum Gasteiger partial charge on any atom is 0.306 e. The molecule has 2 N–H and O–H groups in total. The number of ether oxygens (including phenoxy) is 3. The first-order valence-electron chi connectivity index (χ1n) is 22.1. The molecule has 4 saturated carbocycles. The Balaban J connectivity index is 1.14. The smallest absolute Gasteiger partial charge is 0.306 e. The van der Waals surface area contributed by atoms with Gasteiger partial charge in [0.05, 0.1) is 41.8 Å². The van der Waals surface area contributed by atoms with Gasteiger partial charge in [-0.25, -0.2) is 13.4 Å². The van der Waals surface area contributed by atoms with Crippen LogP contribution in [-0.2, 0) is 40.4 Å². The van der Waals surface area contributed by atoms with Crippen LogP contribution in [0.15, 0.2) is 24.3 Å². The number of sulfonamides is 1. The number of nitrogens with one attached hydrogen (secondary N) is 2. The van der Waals surface area contributed by atoms with Crippen molar-refractivity contribution in [1.82, 2.24) is 19.9 Å². The van der Waals surface area contributed by atoms with E-state index < -0.39 is 50.7 Å². The molecule has 2 aliphatic heterocycles. The number of nitrogens with zero attached hydrogens (tertiary/aromatic N) is 2. The third-order valence-corrected chi connectivity index (χ3v) is 15.7. The third-order valence-electron chi connectivity index (χ3n) is 13.9. The minimum atomic E-state index is -3.86. The SMILES string of the molecule is CCOc1c2c(nc3ccccc13)O[C@@H]1C[C@@H](C(=O)N[C@]3(C(=O)NS(=O)(=O)C4CC4)C[C@H]3CC)N(C1)C(=O)[C@H](C1CCCC1)CC(=O)O[C@@H]1CCC[C@H]1CCCCC2. The standard InChI is InChI=1S/C44H60N4O9S/c1-3-29-25-44(29,43(52)47-58(53,54)31-21-22-31)46-40(50)36-23-30-26-48(36)42(51)34(27-13-8-9-14-27)24-38(49)57-37-20-12-16-28(37)15-6-5-7-18-33-39(55-4-2)32-17-10-11-19-35(32)45-41(33)56-30/h10-11,17,19,27-31,34,36-37H,3-9,12-16,18,20-26H2,1-2H3,(H,46,50)(H,47,52)/t28-,29-,30-,34+,36+,37-,44-/m1/s1. The summed E-state index contributed by atoms with van der Waals surface area (Å²) in [4.78, 5) is 63.7. The molecule has 1 aromatic carbocycles. The average molecular weight is 821 g/mol. The predicted molar refractivity (Wildman–Crippen MR) is 216 cm³/mol. The van der Waals surface area contributed by atoms with E-state index in [0.717, 1.165) is 87.3 Å². The molecule has 4 aliphatic carbocycles. The summed E-state index contributed by atoms with van der Waals surface area (Å²) in [5, 5.41) is 3.26. The summed E-state index contributed by atoms with van der Waals surface area (Å²) in [5.74, 6) is -1.45. The summed E-state index contributed by atoms with van der Waals surface area (Å²) in [7, 11) is -3.86. The summed E-state index contributed by atoms with van der Waals surface area (Å²) < 4.78 is 47.3. The van der Waals surface area contributed by atoms with Crippen molar-refractivity contribution in [3.63, 3.8) is 0 Å². The highest BCUT2D eigenvalue weighted by Crippen LogP contribution is 2.47. The molecule has 316 valence electrons. The Labute approximate surface area is 342 Å². The van der Waals surface area contributed by atoms with Gasteiger partial charge in [-0.05, 0) is 107 Å². The highest BCUT2D eigenvalue weighted by atomic mass is 32.2. The number of rotatable bonds is 9. The summed E-state index contributed by atoms with van der Waals surface area (Å²) >= 11 is 0. The fourth-order valence-corrected chi connectivity index (χ4v) is 11.8. The van der Waals surface area contributed by atoms with E-state index in [1.54, 1.807) is 4.90 Å². The largest absolute Gasteiger partial charge is 0.493 e. The van der Waals surface area contributed by atoms with Crippen molar-refractivity contribution < 1.29 is 41.8 Å². The van der Waals surface area contributed by atoms with Crippen LogP contribution in [0, 0.1) is 23.7 Å². The fourth-order valence-electron chi connectivity index (χ4n) is 10.5. The zero-order chi connectivity index (χ0) is 40.6. The Morgan fingerprint density at radius 2 is 1.67 bits per heavy atom. The van der Waals surface area contributed by atoms with Crippen LogP contribution in [-0.4, -0.2) is 84.2 Å². The lowest BCUT2D eigenvalue weighted by Crippen LogP contribution is -2.57. The zero-order valence-corrected chi connectivity index (χ0v) is 34.9. The number of hydrogen-bond donors (Lipinski definition) is 2. The molecule has 2 aromatic rings. The topological polar surface area (TPSA) is 170 Å². The number of aromatic nitrogens is 1. The second kappa shape index (κ2) is 17.0. The Hall–Kier alpha value is -3.94. The lowest BCUT2D eigenvalue weighted by Gasteiger charge is -2.32. The maximum absolute atomic E-state index is 15.0. The van der Waals surface area contributed by atoms with E-state index in [4.69, 9.17) is 19.2 Å². The van der Waals surface area contributed by atoms with Gasteiger partial charge in [-0.3, -0.25) is 23.9 Å². The summed E-state index contributed by atoms with van der Waals surface area (Å²) in [5.41, 5.74) is 0.174. The van der Waals surface area contributed by atoms with Crippen LogP contribution in [0.4, 0.5) is 0 Å². The molecule has 13 nitrogen and oxygen atoms in total. The van der Waals surface area contributed by atoms with Crippen molar-refractivity contribution in [1.29, 1.82) is 0 Å². The Morgan fingerprint density at radius 1 is 0.931 bits per heavy atom. The molecule has 14 heteroatoms. The van der Waals surface area contributed by atoms with Gasteiger partial charge in [0.15, 0.2) is 0 Å². The van der Waals surface area contributed by atoms with Crippen LogP contribution in [0.3, 0.4) is 0 Å². The highest BCUT2D eigenvalue weighted by molar-refractivity contribution is 7.91. The van der Waals surface area contributed by atoms with Crippen molar-refractivity contribution in [2.45, 2.75) is 158 Å². The summed E-state index contributed by atoms with van der Waals surface area (Å²) in [6.07, 6.45) is 12.0. The number of pyridine rings is 1. The number of fused-ring (bicyclic) bond motifs is 5. The molecule has 58 heavy (non-hydrogen) atoms. The van der Waals surface area contributed by atoms with Gasteiger partial charge in [0, 0.05) is 11.8 Å². The molecule has 7 atom stereocenters. The monoisotopic (exact) mass is 820 g/mol. The summed E-state index contributed by atoms with van der Waals surface area (Å²) in [6, 6.07) is 6.78. The quantitative estimate of drug-likeness (QED) is 0.291. The Morgan fingerprint density at radius 3 is 2.41 bits per heavy atom. The van der Waals surface area contributed by atoms with Crippen LogP contribution in [0.1, 0.15) is 129 Å². The van der Waals surface area contributed by atoms with Gasteiger partial charge in [-0.2, -0.15) is 0 Å². The number of benzene rings is 1. The van der Waals surface area contributed by atoms with Crippen molar-refractivity contribution in [2.75, 3.05) is 13.2 Å². The van der Waals surface area contributed by atoms with Gasteiger partial charge in [0.25, 0.3) is 5.91 Å². The second-order valence-electron chi connectivity index (χ2n) is 17.8.